The van der Waals surface area contributed by atoms with Crippen molar-refractivity contribution in [2.24, 2.45) is 0 Å². The summed E-state index contributed by atoms with van der Waals surface area (Å²) in [7, 11) is 5.03. The zero-order valence-electron chi connectivity index (χ0n) is 8.66. The molecule has 0 amide bonds. The zero-order chi connectivity index (χ0) is 10.4. The third-order valence-corrected chi connectivity index (χ3v) is 1.71. The Morgan fingerprint density at radius 3 is 1.93 bits per heavy atom. The molecule has 14 heavy (non-hydrogen) atoms. The van der Waals surface area contributed by atoms with Gasteiger partial charge < -0.3 is 14.2 Å². The first-order valence-corrected chi connectivity index (χ1v) is 4.30. The summed E-state index contributed by atoms with van der Waals surface area (Å²) in [5.41, 5.74) is 0. The zero-order valence-corrected chi connectivity index (χ0v) is 8.66. The van der Waals surface area contributed by atoms with Crippen molar-refractivity contribution < 1.29 is 14.2 Å². The Morgan fingerprint density at radius 2 is 1.50 bits per heavy atom. The molecule has 0 unspecified atom stereocenters. The van der Waals surface area contributed by atoms with E-state index in [1.807, 2.05) is 7.05 Å². The van der Waals surface area contributed by atoms with Crippen LogP contribution in [0.15, 0.2) is 18.2 Å². The molecule has 1 aromatic rings. The highest BCUT2D eigenvalue weighted by molar-refractivity contribution is 5.41. The molecule has 0 heterocycles. The number of rotatable bonds is 5. The summed E-state index contributed by atoms with van der Waals surface area (Å²) in [6.45, 7) is 0.455. The summed E-state index contributed by atoms with van der Waals surface area (Å²) in [4.78, 5) is 0. The number of ether oxygens (including phenoxy) is 3. The molecule has 4 nitrogen and oxygen atoms in total. The third kappa shape index (κ3) is 2.81. The molecule has 0 aliphatic heterocycles. The maximum atomic E-state index is 5.37. The third-order valence-electron chi connectivity index (χ3n) is 1.71. The molecule has 0 fully saturated rings. The number of hydrogen-bond donors (Lipinski definition) is 1. The van der Waals surface area contributed by atoms with Crippen molar-refractivity contribution >= 4 is 0 Å². The standard InChI is InChI=1S/C10H15NO3/c1-11-7-14-10-5-8(12-2)4-9(6-10)13-3/h4-6,11H,7H2,1-3H3. The van der Waals surface area contributed by atoms with Gasteiger partial charge in [0, 0.05) is 18.2 Å². The summed E-state index contributed by atoms with van der Waals surface area (Å²) in [6.07, 6.45) is 0. The van der Waals surface area contributed by atoms with Crippen LogP contribution in [-0.2, 0) is 0 Å². The molecule has 0 radical (unpaired) electrons. The topological polar surface area (TPSA) is 39.7 Å². The molecular formula is C10H15NO3. The van der Waals surface area contributed by atoms with E-state index in [0.717, 1.165) is 17.2 Å². The molecule has 0 saturated heterocycles. The summed E-state index contributed by atoms with van der Waals surface area (Å²) in [5, 5.41) is 2.89. The van der Waals surface area contributed by atoms with Crippen molar-refractivity contribution in [2.45, 2.75) is 0 Å². The maximum Gasteiger partial charge on any atom is 0.139 e. The van der Waals surface area contributed by atoms with Crippen LogP contribution in [0.5, 0.6) is 17.2 Å². The van der Waals surface area contributed by atoms with E-state index >= 15 is 0 Å². The molecule has 0 aliphatic carbocycles. The first-order chi connectivity index (χ1) is 6.80. The van der Waals surface area contributed by atoms with Crippen LogP contribution in [0.3, 0.4) is 0 Å². The lowest BCUT2D eigenvalue weighted by molar-refractivity contribution is 0.291. The quantitative estimate of drug-likeness (QED) is 0.721. The minimum absolute atomic E-state index is 0.455. The van der Waals surface area contributed by atoms with E-state index in [9.17, 15) is 0 Å². The molecular weight excluding hydrogens is 182 g/mol. The van der Waals surface area contributed by atoms with E-state index in [1.54, 1.807) is 32.4 Å². The summed E-state index contributed by atoms with van der Waals surface area (Å²) < 4.78 is 15.6. The largest absolute Gasteiger partial charge is 0.496 e. The van der Waals surface area contributed by atoms with Gasteiger partial charge in [0.05, 0.1) is 14.2 Å². The first kappa shape index (κ1) is 10.7. The molecule has 4 heteroatoms. The Hall–Kier alpha value is -1.42. The second kappa shape index (κ2) is 5.34. The Kier molecular flexibility index (Phi) is 4.07. The van der Waals surface area contributed by atoms with E-state index in [1.165, 1.54) is 0 Å². The average molecular weight is 197 g/mol. The summed E-state index contributed by atoms with van der Waals surface area (Å²) in [5.74, 6) is 2.15. The minimum Gasteiger partial charge on any atom is -0.496 e. The first-order valence-electron chi connectivity index (χ1n) is 4.30. The van der Waals surface area contributed by atoms with E-state index in [-0.39, 0.29) is 0 Å². The highest BCUT2D eigenvalue weighted by Crippen LogP contribution is 2.27. The van der Waals surface area contributed by atoms with Crippen LogP contribution in [0.25, 0.3) is 0 Å². The van der Waals surface area contributed by atoms with Crippen molar-refractivity contribution in [1.82, 2.24) is 5.32 Å². The van der Waals surface area contributed by atoms with Gasteiger partial charge in [-0.05, 0) is 7.05 Å². The van der Waals surface area contributed by atoms with E-state index in [2.05, 4.69) is 5.32 Å². The fourth-order valence-corrected chi connectivity index (χ4v) is 1.02. The van der Waals surface area contributed by atoms with Crippen molar-refractivity contribution in [1.29, 1.82) is 0 Å². The van der Waals surface area contributed by atoms with E-state index in [0.29, 0.717) is 6.73 Å². The van der Waals surface area contributed by atoms with Crippen LogP contribution in [0.1, 0.15) is 0 Å². The number of methoxy groups -OCH3 is 2. The van der Waals surface area contributed by atoms with Crippen molar-refractivity contribution in [3.63, 3.8) is 0 Å². The molecule has 0 atom stereocenters. The minimum atomic E-state index is 0.455. The average Bonchev–Trinajstić information content (AvgIpc) is 2.25. The molecule has 0 spiro atoms. The fourth-order valence-electron chi connectivity index (χ4n) is 1.02. The molecule has 0 bridgehead atoms. The maximum absolute atomic E-state index is 5.37. The molecule has 1 rings (SSSR count). The summed E-state index contributed by atoms with van der Waals surface area (Å²) >= 11 is 0. The molecule has 78 valence electrons. The predicted molar refractivity (Wildman–Crippen MR) is 54.1 cm³/mol. The Bertz CT molecular complexity index is 266. The van der Waals surface area contributed by atoms with Crippen molar-refractivity contribution in [3.05, 3.63) is 18.2 Å². The Morgan fingerprint density at radius 1 is 1.00 bits per heavy atom. The molecule has 0 aliphatic rings. The van der Waals surface area contributed by atoms with Crippen molar-refractivity contribution in [2.75, 3.05) is 28.0 Å². The van der Waals surface area contributed by atoms with Crippen LogP contribution >= 0.6 is 0 Å². The lowest BCUT2D eigenvalue weighted by atomic mass is 10.3. The molecule has 0 saturated carbocycles. The van der Waals surface area contributed by atoms with Gasteiger partial charge in [-0.15, -0.1) is 0 Å². The van der Waals surface area contributed by atoms with Gasteiger partial charge in [0.15, 0.2) is 0 Å². The monoisotopic (exact) mass is 197 g/mol. The van der Waals surface area contributed by atoms with Crippen LogP contribution in [-0.4, -0.2) is 28.0 Å². The van der Waals surface area contributed by atoms with Gasteiger partial charge in [-0.1, -0.05) is 0 Å². The normalized spacial score (nSPS) is 9.64. The fraction of sp³-hybridized carbons (Fsp3) is 0.400. The molecule has 1 N–H and O–H groups in total. The van der Waals surface area contributed by atoms with Gasteiger partial charge >= 0.3 is 0 Å². The molecule has 1 aromatic carbocycles. The second-order valence-electron chi connectivity index (χ2n) is 2.69. The lowest BCUT2D eigenvalue weighted by Crippen LogP contribution is -2.14. The molecule has 0 aromatic heterocycles. The van der Waals surface area contributed by atoms with Gasteiger partial charge in [-0.25, -0.2) is 0 Å². The number of hydrogen-bond acceptors (Lipinski definition) is 4. The smallest absolute Gasteiger partial charge is 0.139 e. The van der Waals surface area contributed by atoms with Gasteiger partial charge in [-0.3, -0.25) is 5.32 Å². The van der Waals surface area contributed by atoms with Crippen LogP contribution < -0.4 is 19.5 Å². The van der Waals surface area contributed by atoms with Crippen LogP contribution in [0.4, 0.5) is 0 Å². The van der Waals surface area contributed by atoms with Gasteiger partial charge in [0.1, 0.15) is 24.0 Å². The number of nitrogens with one attached hydrogen (secondary N) is 1. The predicted octanol–water partition coefficient (Wildman–Crippen LogP) is 1.26. The highest BCUT2D eigenvalue weighted by atomic mass is 16.5. The van der Waals surface area contributed by atoms with Crippen LogP contribution in [0.2, 0.25) is 0 Å². The Balaban J connectivity index is 2.81. The van der Waals surface area contributed by atoms with E-state index in [4.69, 9.17) is 14.2 Å². The van der Waals surface area contributed by atoms with Crippen molar-refractivity contribution in [3.8, 4) is 17.2 Å². The van der Waals surface area contributed by atoms with Gasteiger partial charge in [-0.2, -0.15) is 0 Å². The SMILES string of the molecule is CNCOc1cc(OC)cc(OC)c1. The highest BCUT2D eigenvalue weighted by Gasteiger charge is 2.01. The van der Waals surface area contributed by atoms with Gasteiger partial charge in [0.2, 0.25) is 0 Å². The summed E-state index contributed by atoms with van der Waals surface area (Å²) in [6, 6.07) is 5.41. The number of benzene rings is 1. The second-order valence-corrected chi connectivity index (χ2v) is 2.69. The van der Waals surface area contributed by atoms with Crippen LogP contribution in [0, 0.1) is 0 Å². The Labute approximate surface area is 83.8 Å². The van der Waals surface area contributed by atoms with E-state index < -0.39 is 0 Å². The lowest BCUT2D eigenvalue weighted by Gasteiger charge is -2.09. The van der Waals surface area contributed by atoms with Gasteiger partial charge in [0.25, 0.3) is 0 Å².